The minimum absolute atomic E-state index is 0.0409. The van der Waals surface area contributed by atoms with Gasteiger partial charge in [-0.05, 0) is 44.7 Å². The van der Waals surface area contributed by atoms with E-state index in [9.17, 15) is 22.7 Å². The van der Waals surface area contributed by atoms with Crippen LogP contribution in [0, 0.1) is 0 Å². The number of rotatable bonds is 5. The van der Waals surface area contributed by atoms with Crippen molar-refractivity contribution in [2.45, 2.75) is 75.0 Å². The highest BCUT2D eigenvalue weighted by atomic mass is 35.5. The molecule has 4 fully saturated rings. The van der Waals surface area contributed by atoms with E-state index >= 15 is 0 Å². The lowest BCUT2D eigenvalue weighted by molar-refractivity contribution is -0.137. The van der Waals surface area contributed by atoms with E-state index in [0.29, 0.717) is 37.2 Å². The zero-order valence-corrected chi connectivity index (χ0v) is 23.2. The largest absolute Gasteiger partial charge is 0.508 e. The van der Waals surface area contributed by atoms with E-state index in [0.717, 1.165) is 55.9 Å². The van der Waals surface area contributed by atoms with Gasteiger partial charge < -0.3 is 25.0 Å². The highest BCUT2D eigenvalue weighted by Gasteiger charge is 2.49. The van der Waals surface area contributed by atoms with Crippen LogP contribution in [0.5, 0.6) is 11.8 Å². The monoisotopic (exact) mass is 597 g/mol. The summed E-state index contributed by atoms with van der Waals surface area (Å²) >= 11 is 5.98. The summed E-state index contributed by atoms with van der Waals surface area (Å²) in [6.07, 6.45) is -2.57. The van der Waals surface area contributed by atoms with Crippen LogP contribution in [0.25, 0.3) is 0 Å². The molecule has 4 atom stereocenters. The van der Waals surface area contributed by atoms with E-state index in [4.69, 9.17) is 22.7 Å². The summed E-state index contributed by atoms with van der Waals surface area (Å²) in [4.78, 5) is 15.3. The molecule has 5 aliphatic heterocycles. The topological polar surface area (TPSA) is 77.0 Å². The van der Waals surface area contributed by atoms with Gasteiger partial charge in [0.2, 0.25) is 0 Å². The van der Waals surface area contributed by atoms with Crippen LogP contribution in [0.15, 0.2) is 12.1 Å². The van der Waals surface area contributed by atoms with Crippen molar-refractivity contribution in [2.24, 2.45) is 0 Å². The standard InChI is InChI=1S/C28H33ClF4N6O2/c29-21-8-19(40)9-23(24(21)28(31,32)33)37-7-4-20-22(14-37)35-26(36-25(20)38-12-17-2-3-18(13-38)34-17)41-15-27-5-1-6-39(27)11-16(30)10-27/h8-9,16-18,34,40H,1-7,10-15H2/t16-,17-,18+,27+/m1/s1/i16D. The molecule has 2 aromatic rings. The van der Waals surface area contributed by atoms with Crippen molar-refractivity contribution in [3.8, 4) is 11.8 Å². The Hall–Kier alpha value is -2.57. The van der Waals surface area contributed by atoms with Gasteiger partial charge in [-0.2, -0.15) is 23.1 Å². The maximum absolute atomic E-state index is 14.7. The molecule has 0 aliphatic carbocycles. The van der Waals surface area contributed by atoms with Crippen molar-refractivity contribution in [1.29, 1.82) is 0 Å². The molecule has 0 amide bonds. The van der Waals surface area contributed by atoms with Crippen LogP contribution >= 0.6 is 11.6 Å². The van der Waals surface area contributed by atoms with E-state index in [-0.39, 0.29) is 50.1 Å². The molecule has 4 saturated heterocycles. The molecule has 7 rings (SSSR count). The molecular formula is C28H33ClF4N6O2. The zero-order valence-electron chi connectivity index (χ0n) is 23.5. The fourth-order valence-corrected chi connectivity index (χ4v) is 7.79. The van der Waals surface area contributed by atoms with E-state index in [1.807, 2.05) is 4.90 Å². The van der Waals surface area contributed by atoms with E-state index in [1.54, 1.807) is 0 Å². The minimum Gasteiger partial charge on any atom is -0.508 e. The molecular weight excluding hydrogens is 564 g/mol. The van der Waals surface area contributed by atoms with Crippen molar-refractivity contribution in [3.63, 3.8) is 0 Å². The Morgan fingerprint density at radius 1 is 1.15 bits per heavy atom. The van der Waals surface area contributed by atoms with Gasteiger partial charge in [0.25, 0.3) is 0 Å². The number of anilines is 2. The Kier molecular flexibility index (Phi) is 6.37. The number of aromatic hydroxyl groups is 1. The minimum atomic E-state index is -4.72. The number of aromatic nitrogens is 2. The summed E-state index contributed by atoms with van der Waals surface area (Å²) < 4.78 is 71.1. The normalized spacial score (nSPS) is 31.8. The molecule has 8 nitrogen and oxygen atoms in total. The average molecular weight is 598 g/mol. The summed E-state index contributed by atoms with van der Waals surface area (Å²) in [6, 6.07) is 2.76. The number of halogens is 5. The summed E-state index contributed by atoms with van der Waals surface area (Å²) in [5.41, 5.74) is -0.387. The maximum atomic E-state index is 14.7. The van der Waals surface area contributed by atoms with E-state index in [2.05, 4.69) is 15.2 Å². The Bertz CT molecular complexity index is 1390. The van der Waals surface area contributed by atoms with Gasteiger partial charge in [-0.25, -0.2) is 4.39 Å². The van der Waals surface area contributed by atoms with Crippen molar-refractivity contribution >= 4 is 23.1 Å². The van der Waals surface area contributed by atoms with Crippen molar-refractivity contribution in [2.75, 3.05) is 49.1 Å². The summed E-state index contributed by atoms with van der Waals surface area (Å²) in [6.45, 7) is 2.68. The fraction of sp³-hybridized carbons (Fsp3) is 0.643. The van der Waals surface area contributed by atoms with Gasteiger partial charge in [0, 0.05) is 56.3 Å². The molecule has 0 unspecified atom stereocenters. The van der Waals surface area contributed by atoms with Gasteiger partial charge in [0.05, 0.1) is 35.4 Å². The maximum Gasteiger partial charge on any atom is 0.419 e. The van der Waals surface area contributed by atoms with Crippen LogP contribution in [0.1, 0.15) is 50.3 Å². The van der Waals surface area contributed by atoms with E-state index < -0.39 is 28.4 Å². The fourth-order valence-electron chi connectivity index (χ4n) is 7.47. The molecule has 0 saturated carbocycles. The molecule has 1 aromatic carbocycles. The number of hydrogen-bond donors (Lipinski definition) is 2. The predicted octanol–water partition coefficient (Wildman–Crippen LogP) is 4.31. The van der Waals surface area contributed by atoms with Gasteiger partial charge in [0.15, 0.2) is 0 Å². The van der Waals surface area contributed by atoms with Crippen LogP contribution in [0.2, 0.25) is 5.02 Å². The molecule has 2 bridgehead atoms. The number of fused-ring (bicyclic) bond motifs is 4. The van der Waals surface area contributed by atoms with Gasteiger partial charge in [-0.15, -0.1) is 0 Å². The number of phenolic OH excluding ortho intramolecular Hbond substituents is 1. The van der Waals surface area contributed by atoms with Crippen LogP contribution in [-0.2, 0) is 19.1 Å². The highest BCUT2D eigenvalue weighted by molar-refractivity contribution is 6.32. The number of nitrogens with zero attached hydrogens (tertiary/aromatic N) is 5. The first-order valence-electron chi connectivity index (χ1n) is 14.7. The van der Waals surface area contributed by atoms with Gasteiger partial charge in [0.1, 0.15) is 24.3 Å². The lowest BCUT2D eigenvalue weighted by atomic mass is 9.95. The molecule has 5 aliphatic rings. The number of alkyl halides is 4. The van der Waals surface area contributed by atoms with Crippen molar-refractivity contribution in [1.82, 2.24) is 20.2 Å². The molecule has 222 valence electrons. The molecule has 13 heteroatoms. The Labute approximate surface area is 242 Å². The second kappa shape index (κ2) is 10.0. The number of nitrogens with one attached hydrogen (secondary N) is 1. The molecule has 6 heterocycles. The highest BCUT2D eigenvalue weighted by Crippen LogP contribution is 2.45. The lowest BCUT2D eigenvalue weighted by Gasteiger charge is -2.38. The third-order valence-electron chi connectivity index (χ3n) is 9.31. The predicted molar refractivity (Wildman–Crippen MR) is 146 cm³/mol. The zero-order chi connectivity index (χ0) is 29.4. The van der Waals surface area contributed by atoms with Crippen LogP contribution in [0.3, 0.4) is 0 Å². The second-order valence-corrected chi connectivity index (χ2v) is 12.4. The third-order valence-corrected chi connectivity index (χ3v) is 9.61. The van der Waals surface area contributed by atoms with Crippen LogP contribution < -0.4 is 19.9 Å². The molecule has 1 aromatic heterocycles. The molecule has 0 radical (unpaired) electrons. The molecule has 0 spiro atoms. The third kappa shape index (κ3) is 4.95. The van der Waals surface area contributed by atoms with Gasteiger partial charge >= 0.3 is 12.2 Å². The summed E-state index contributed by atoms with van der Waals surface area (Å²) in [5, 5.41) is 13.2. The van der Waals surface area contributed by atoms with Crippen molar-refractivity contribution < 1.29 is 28.8 Å². The Morgan fingerprint density at radius 2 is 1.93 bits per heavy atom. The van der Waals surface area contributed by atoms with Crippen LogP contribution in [-0.4, -0.2) is 83.1 Å². The van der Waals surface area contributed by atoms with Gasteiger partial charge in [-0.1, -0.05) is 11.6 Å². The first-order valence-corrected chi connectivity index (χ1v) is 14.6. The van der Waals surface area contributed by atoms with Crippen molar-refractivity contribution in [3.05, 3.63) is 34.0 Å². The second-order valence-electron chi connectivity index (χ2n) is 12.0. The number of phenols is 1. The number of benzene rings is 1. The quantitative estimate of drug-likeness (QED) is 0.494. The molecule has 2 N–H and O–H groups in total. The van der Waals surface area contributed by atoms with Crippen LogP contribution in [0.4, 0.5) is 29.1 Å². The first kappa shape index (κ1) is 26.1. The summed E-state index contributed by atoms with van der Waals surface area (Å²) in [7, 11) is 0. The Balaban J connectivity index is 1.23. The number of hydrogen-bond acceptors (Lipinski definition) is 8. The number of piperazine rings is 1. The van der Waals surface area contributed by atoms with E-state index in [1.165, 1.54) is 4.90 Å². The Morgan fingerprint density at radius 3 is 2.68 bits per heavy atom. The SMILES string of the molecule is [2H][C@]1(F)CN2CCC[C@@]2(COc2nc3c(c(N4C[C@H]5CC[C@@H](C4)N5)n2)CCN(c2cc(O)cc(Cl)c2C(F)(F)F)C3)C1. The summed E-state index contributed by atoms with van der Waals surface area (Å²) in [5.74, 6) is 0.373. The number of ether oxygens (including phenoxy) is 1. The average Bonchev–Trinajstić information content (AvgIpc) is 3.53. The molecule has 41 heavy (non-hydrogen) atoms. The van der Waals surface area contributed by atoms with Gasteiger partial charge in [-0.3, -0.25) is 4.90 Å². The lowest BCUT2D eigenvalue weighted by Crippen LogP contribution is -2.52. The first-order chi connectivity index (χ1) is 19.9. The smallest absolute Gasteiger partial charge is 0.419 e.